The Morgan fingerprint density at radius 2 is 2.04 bits per heavy atom. The van der Waals surface area contributed by atoms with Gasteiger partial charge in [-0.15, -0.1) is 0 Å². The van der Waals surface area contributed by atoms with Crippen molar-refractivity contribution in [2.24, 2.45) is 7.05 Å². The van der Waals surface area contributed by atoms with Crippen LogP contribution in [0.1, 0.15) is 5.82 Å². The van der Waals surface area contributed by atoms with Crippen molar-refractivity contribution in [3.63, 3.8) is 0 Å². The minimum absolute atomic E-state index is 0.870. The highest BCUT2D eigenvalue weighted by molar-refractivity contribution is 5.86. The minimum Gasteiger partial charge on any atom is -0.341 e. The molecule has 0 saturated carbocycles. The van der Waals surface area contributed by atoms with Crippen molar-refractivity contribution in [2.75, 3.05) is 0 Å². The smallest absolute Gasteiger partial charge is 0.154 e. The van der Waals surface area contributed by atoms with E-state index in [2.05, 4.69) is 35.7 Å². The van der Waals surface area contributed by atoms with Crippen LogP contribution in [0.3, 0.4) is 0 Å². The molecule has 0 bridgehead atoms. The standard InChI is InChI=1S/C17H15N7/c1-10-19-7-13(20-10)14-9-24-17(21-14)6-12(22-24)15-5-11-3-4-18-8-16(11)23(15)2/h3-9,22H,1-2H3,(H,19,20). The summed E-state index contributed by atoms with van der Waals surface area (Å²) in [6.45, 7) is 1.93. The number of nitrogens with zero attached hydrogens (tertiary/aromatic N) is 5. The average molecular weight is 317 g/mol. The monoisotopic (exact) mass is 317 g/mol. The van der Waals surface area contributed by atoms with E-state index in [9.17, 15) is 0 Å². The Hall–Kier alpha value is -3.35. The van der Waals surface area contributed by atoms with Crippen LogP contribution >= 0.6 is 0 Å². The van der Waals surface area contributed by atoms with Crippen LogP contribution in [-0.2, 0) is 7.05 Å². The van der Waals surface area contributed by atoms with Gasteiger partial charge in [0.1, 0.15) is 11.5 Å². The SMILES string of the molecule is Cc1ncc(-c2cn3[nH]c(-c4cc5ccncc5n4C)cc3n2)[nH]1. The molecule has 0 unspecified atom stereocenters. The number of rotatable bonds is 2. The maximum atomic E-state index is 4.66. The van der Waals surface area contributed by atoms with Gasteiger partial charge in [0.15, 0.2) is 5.65 Å². The Kier molecular flexibility index (Phi) is 2.50. The van der Waals surface area contributed by atoms with E-state index in [1.807, 2.05) is 49.2 Å². The fraction of sp³-hybridized carbons (Fsp3) is 0.118. The predicted octanol–water partition coefficient (Wildman–Crippen LogP) is 2.91. The van der Waals surface area contributed by atoms with Crippen LogP contribution in [0, 0.1) is 6.92 Å². The number of aromatic amines is 2. The molecule has 5 aromatic rings. The van der Waals surface area contributed by atoms with Gasteiger partial charge >= 0.3 is 0 Å². The Balaban J connectivity index is 1.62. The summed E-state index contributed by atoms with van der Waals surface area (Å²) in [6, 6.07) is 6.22. The number of aromatic nitrogens is 7. The topological polar surface area (TPSA) is 79.6 Å². The third kappa shape index (κ3) is 1.81. The number of H-pyrrole nitrogens is 2. The van der Waals surface area contributed by atoms with Crippen molar-refractivity contribution in [2.45, 2.75) is 6.92 Å². The molecule has 0 aliphatic rings. The quantitative estimate of drug-likeness (QED) is 0.525. The minimum atomic E-state index is 0.870. The van der Waals surface area contributed by atoms with Crippen molar-refractivity contribution in [1.29, 1.82) is 0 Å². The Labute approximate surface area is 137 Å². The summed E-state index contributed by atoms with van der Waals surface area (Å²) in [5, 5.41) is 4.56. The first-order chi connectivity index (χ1) is 11.7. The van der Waals surface area contributed by atoms with Gasteiger partial charge in [-0.2, -0.15) is 0 Å². The molecule has 0 radical (unpaired) electrons. The largest absolute Gasteiger partial charge is 0.341 e. The van der Waals surface area contributed by atoms with Crippen molar-refractivity contribution >= 4 is 16.6 Å². The van der Waals surface area contributed by atoms with Gasteiger partial charge in [0.2, 0.25) is 0 Å². The molecular weight excluding hydrogens is 302 g/mol. The normalized spacial score (nSPS) is 11.8. The molecule has 0 aliphatic carbocycles. The zero-order chi connectivity index (χ0) is 16.3. The number of nitrogens with one attached hydrogen (secondary N) is 2. The van der Waals surface area contributed by atoms with Crippen LogP contribution < -0.4 is 0 Å². The summed E-state index contributed by atoms with van der Waals surface area (Å²) in [5.41, 5.74) is 5.88. The number of pyridine rings is 1. The summed E-state index contributed by atoms with van der Waals surface area (Å²) < 4.78 is 4.06. The van der Waals surface area contributed by atoms with E-state index in [4.69, 9.17) is 0 Å². The number of aryl methyl sites for hydroxylation is 2. The average Bonchev–Trinajstić information content (AvgIpc) is 3.30. The van der Waals surface area contributed by atoms with E-state index in [-0.39, 0.29) is 0 Å². The molecule has 0 saturated heterocycles. The fourth-order valence-electron chi connectivity index (χ4n) is 3.12. The molecule has 0 aromatic carbocycles. The Morgan fingerprint density at radius 1 is 1.12 bits per heavy atom. The summed E-state index contributed by atoms with van der Waals surface area (Å²) in [5.74, 6) is 0.881. The first-order valence-corrected chi connectivity index (χ1v) is 7.69. The van der Waals surface area contributed by atoms with E-state index < -0.39 is 0 Å². The van der Waals surface area contributed by atoms with Gasteiger partial charge in [0.25, 0.3) is 0 Å². The maximum absolute atomic E-state index is 4.66. The third-order valence-corrected chi connectivity index (χ3v) is 4.35. The van der Waals surface area contributed by atoms with E-state index in [0.717, 1.165) is 39.8 Å². The molecule has 0 aliphatic heterocycles. The van der Waals surface area contributed by atoms with E-state index in [1.165, 1.54) is 5.39 Å². The summed E-state index contributed by atoms with van der Waals surface area (Å²) in [7, 11) is 2.04. The lowest BCUT2D eigenvalue weighted by atomic mass is 10.3. The lowest BCUT2D eigenvalue weighted by Gasteiger charge is -2.01. The molecule has 2 N–H and O–H groups in total. The zero-order valence-electron chi connectivity index (χ0n) is 13.3. The van der Waals surface area contributed by atoms with Gasteiger partial charge in [-0.25, -0.2) is 14.5 Å². The van der Waals surface area contributed by atoms with Crippen LogP contribution in [0.5, 0.6) is 0 Å². The summed E-state index contributed by atoms with van der Waals surface area (Å²) in [4.78, 5) is 16.3. The van der Waals surface area contributed by atoms with Crippen LogP contribution in [0.4, 0.5) is 0 Å². The second kappa shape index (κ2) is 4.58. The van der Waals surface area contributed by atoms with Gasteiger partial charge in [-0.3, -0.25) is 10.1 Å². The molecule has 5 heterocycles. The predicted molar refractivity (Wildman–Crippen MR) is 91.6 cm³/mol. The number of hydrogen-bond acceptors (Lipinski definition) is 3. The number of imidazole rings is 2. The third-order valence-electron chi connectivity index (χ3n) is 4.35. The molecular formula is C17H15N7. The lowest BCUT2D eigenvalue weighted by Crippen LogP contribution is -1.92. The van der Waals surface area contributed by atoms with Crippen LogP contribution in [0.2, 0.25) is 0 Å². The van der Waals surface area contributed by atoms with Gasteiger partial charge < -0.3 is 9.55 Å². The van der Waals surface area contributed by atoms with Crippen molar-refractivity contribution in [3.05, 3.63) is 48.8 Å². The molecule has 0 atom stereocenters. The first-order valence-electron chi connectivity index (χ1n) is 7.69. The zero-order valence-corrected chi connectivity index (χ0v) is 13.3. The van der Waals surface area contributed by atoms with Gasteiger partial charge in [-0.05, 0) is 19.1 Å². The highest BCUT2D eigenvalue weighted by Gasteiger charge is 2.13. The molecule has 0 spiro atoms. The van der Waals surface area contributed by atoms with Crippen molar-refractivity contribution in [3.8, 4) is 22.8 Å². The van der Waals surface area contributed by atoms with Crippen molar-refractivity contribution < 1.29 is 0 Å². The number of fused-ring (bicyclic) bond motifs is 2. The van der Waals surface area contributed by atoms with E-state index >= 15 is 0 Å². The second-order valence-corrected chi connectivity index (χ2v) is 5.93. The fourth-order valence-corrected chi connectivity index (χ4v) is 3.12. The van der Waals surface area contributed by atoms with Gasteiger partial charge in [0.05, 0.1) is 41.2 Å². The van der Waals surface area contributed by atoms with Gasteiger partial charge in [0, 0.05) is 24.7 Å². The molecule has 0 fully saturated rings. The Bertz CT molecular complexity index is 1150. The highest BCUT2D eigenvalue weighted by atomic mass is 15.3. The molecule has 118 valence electrons. The second-order valence-electron chi connectivity index (χ2n) is 5.93. The van der Waals surface area contributed by atoms with E-state index in [0.29, 0.717) is 0 Å². The Morgan fingerprint density at radius 3 is 2.79 bits per heavy atom. The van der Waals surface area contributed by atoms with Crippen LogP contribution in [0.25, 0.3) is 39.3 Å². The molecule has 5 aromatic heterocycles. The molecule has 0 amide bonds. The molecule has 5 rings (SSSR count). The maximum Gasteiger partial charge on any atom is 0.154 e. The first kappa shape index (κ1) is 13.1. The number of hydrogen-bond donors (Lipinski definition) is 2. The molecule has 7 heteroatoms. The van der Waals surface area contributed by atoms with Crippen LogP contribution in [0.15, 0.2) is 43.0 Å². The lowest BCUT2D eigenvalue weighted by molar-refractivity contribution is 0.936. The van der Waals surface area contributed by atoms with Crippen molar-refractivity contribution in [1.82, 2.24) is 34.1 Å². The molecule has 7 nitrogen and oxygen atoms in total. The molecule has 24 heavy (non-hydrogen) atoms. The summed E-state index contributed by atoms with van der Waals surface area (Å²) >= 11 is 0. The van der Waals surface area contributed by atoms with Gasteiger partial charge in [-0.1, -0.05) is 0 Å². The van der Waals surface area contributed by atoms with Crippen LogP contribution in [-0.4, -0.2) is 34.1 Å². The van der Waals surface area contributed by atoms with E-state index in [1.54, 1.807) is 6.20 Å². The summed E-state index contributed by atoms with van der Waals surface area (Å²) in [6.07, 6.45) is 7.46. The highest BCUT2D eigenvalue weighted by Crippen LogP contribution is 2.27.